The Morgan fingerprint density at radius 3 is 2.42 bits per heavy atom. The van der Waals surface area contributed by atoms with Crippen molar-refractivity contribution in [2.45, 2.75) is 13.5 Å². The zero-order valence-electron chi connectivity index (χ0n) is 13.9. The van der Waals surface area contributed by atoms with E-state index < -0.39 is 17.8 Å². The van der Waals surface area contributed by atoms with Gasteiger partial charge in [-0.25, -0.2) is 4.79 Å². The Morgan fingerprint density at radius 2 is 1.81 bits per heavy atom. The summed E-state index contributed by atoms with van der Waals surface area (Å²) < 4.78 is 5.04. The summed E-state index contributed by atoms with van der Waals surface area (Å²) in [6, 6.07) is 7.50. The van der Waals surface area contributed by atoms with E-state index in [0.29, 0.717) is 16.9 Å². The second-order valence-electron chi connectivity index (χ2n) is 5.59. The lowest BCUT2D eigenvalue weighted by atomic mass is 10.1. The Morgan fingerprint density at radius 1 is 1.12 bits per heavy atom. The van der Waals surface area contributed by atoms with Crippen molar-refractivity contribution < 1.29 is 23.6 Å². The van der Waals surface area contributed by atoms with E-state index in [1.165, 1.54) is 12.3 Å². The minimum Gasteiger partial charge on any atom is -0.469 e. The van der Waals surface area contributed by atoms with Crippen molar-refractivity contribution in [2.75, 3.05) is 6.54 Å². The number of carbonyl (C=O) groups is 4. The molecule has 0 aliphatic carbocycles. The third kappa shape index (κ3) is 3.41. The molecule has 26 heavy (non-hydrogen) atoms. The molecule has 2 aromatic rings. The van der Waals surface area contributed by atoms with Gasteiger partial charge in [-0.3, -0.25) is 30.1 Å². The summed E-state index contributed by atoms with van der Waals surface area (Å²) in [7, 11) is 0. The molecule has 134 valence electrons. The molecular weight excluding hydrogens is 340 g/mol. The molecule has 0 radical (unpaired) electrons. The van der Waals surface area contributed by atoms with Crippen molar-refractivity contribution in [3.05, 3.63) is 59.0 Å². The first-order valence-corrected chi connectivity index (χ1v) is 7.78. The molecule has 0 atom stereocenters. The van der Waals surface area contributed by atoms with Crippen molar-refractivity contribution in [1.29, 1.82) is 0 Å². The molecule has 9 heteroatoms. The number of urea groups is 1. The predicted molar refractivity (Wildman–Crippen MR) is 88.8 cm³/mol. The van der Waals surface area contributed by atoms with Gasteiger partial charge >= 0.3 is 6.03 Å². The van der Waals surface area contributed by atoms with Crippen molar-refractivity contribution in [3.63, 3.8) is 0 Å². The first kappa shape index (κ1) is 17.2. The number of nitrogens with zero attached hydrogens (tertiary/aromatic N) is 1. The number of benzene rings is 1. The normalized spacial score (nSPS) is 13.5. The molecule has 1 aliphatic heterocycles. The van der Waals surface area contributed by atoms with Crippen LogP contribution in [0.4, 0.5) is 4.79 Å². The quantitative estimate of drug-likeness (QED) is 0.550. The summed E-state index contributed by atoms with van der Waals surface area (Å²) in [6.07, 6.45) is 1.37. The number of amides is 5. The highest BCUT2D eigenvalue weighted by Crippen LogP contribution is 2.14. The average Bonchev–Trinajstić information content (AvgIpc) is 3.20. The number of nitrogens with one attached hydrogen (secondary N) is 3. The third-order valence-corrected chi connectivity index (χ3v) is 3.92. The molecule has 1 fully saturated rings. The molecule has 2 heterocycles. The maximum atomic E-state index is 12.4. The second kappa shape index (κ2) is 7.09. The van der Waals surface area contributed by atoms with E-state index in [4.69, 9.17) is 4.42 Å². The molecule has 0 unspecified atom stereocenters. The zero-order valence-corrected chi connectivity index (χ0v) is 13.9. The van der Waals surface area contributed by atoms with Crippen LogP contribution in [0.5, 0.6) is 0 Å². The van der Waals surface area contributed by atoms with Crippen LogP contribution >= 0.6 is 0 Å². The summed E-state index contributed by atoms with van der Waals surface area (Å²) in [4.78, 5) is 48.9. The molecule has 0 saturated carbocycles. The Hall–Kier alpha value is -3.62. The number of hydrogen-bond acceptors (Lipinski definition) is 5. The van der Waals surface area contributed by atoms with Crippen LogP contribution in [-0.2, 0) is 11.3 Å². The Balaban J connectivity index is 1.70. The standard InChI is InChI=1S/C17H16N4O5/c1-10-12(6-7-26-10)15(23)19-20-16(24)13-5-3-2-4-11(13)9-21-14(22)8-18-17(21)25/h2-7H,8-9H2,1H3,(H,18,25)(H,19,23)(H,20,24). The van der Waals surface area contributed by atoms with Crippen molar-refractivity contribution in [2.24, 2.45) is 0 Å². The number of aryl methyl sites for hydroxylation is 1. The fourth-order valence-corrected chi connectivity index (χ4v) is 2.53. The molecule has 1 aliphatic rings. The molecular formula is C17H16N4O5. The summed E-state index contributed by atoms with van der Waals surface area (Å²) in [5, 5.41) is 2.42. The number of furan rings is 1. The van der Waals surface area contributed by atoms with Crippen molar-refractivity contribution in [1.82, 2.24) is 21.1 Å². The third-order valence-electron chi connectivity index (χ3n) is 3.92. The van der Waals surface area contributed by atoms with Gasteiger partial charge in [0.05, 0.1) is 24.9 Å². The predicted octanol–water partition coefficient (Wildman–Crippen LogP) is 0.715. The number of hydrazine groups is 1. The van der Waals surface area contributed by atoms with E-state index >= 15 is 0 Å². The molecule has 5 amide bonds. The fraction of sp³-hybridized carbons (Fsp3) is 0.176. The number of hydrogen-bond donors (Lipinski definition) is 3. The Labute approximate surface area is 148 Å². The zero-order chi connectivity index (χ0) is 18.7. The van der Waals surface area contributed by atoms with Crippen LogP contribution in [0, 0.1) is 6.92 Å². The maximum Gasteiger partial charge on any atom is 0.324 e. The first-order valence-electron chi connectivity index (χ1n) is 7.78. The van der Waals surface area contributed by atoms with Gasteiger partial charge in [0.1, 0.15) is 5.76 Å². The van der Waals surface area contributed by atoms with Crippen LogP contribution in [0.3, 0.4) is 0 Å². The summed E-state index contributed by atoms with van der Waals surface area (Å²) in [5.41, 5.74) is 5.64. The minimum atomic E-state index is -0.567. The molecule has 1 aromatic carbocycles. The summed E-state index contributed by atoms with van der Waals surface area (Å²) in [5.74, 6) is -1.03. The molecule has 1 aromatic heterocycles. The topological polar surface area (TPSA) is 121 Å². The second-order valence-corrected chi connectivity index (χ2v) is 5.59. The van der Waals surface area contributed by atoms with Gasteiger partial charge in [-0.05, 0) is 24.6 Å². The number of imide groups is 1. The number of carbonyl (C=O) groups excluding carboxylic acids is 4. The van der Waals surface area contributed by atoms with Gasteiger partial charge in [-0.15, -0.1) is 0 Å². The van der Waals surface area contributed by atoms with E-state index in [0.717, 1.165) is 4.90 Å². The molecule has 0 spiro atoms. The van der Waals surface area contributed by atoms with Crippen molar-refractivity contribution >= 4 is 23.8 Å². The van der Waals surface area contributed by atoms with Crippen LogP contribution in [0.1, 0.15) is 32.0 Å². The fourth-order valence-electron chi connectivity index (χ4n) is 2.53. The van der Waals surface area contributed by atoms with Gasteiger partial charge in [0.25, 0.3) is 11.8 Å². The molecule has 9 nitrogen and oxygen atoms in total. The average molecular weight is 356 g/mol. The van der Waals surface area contributed by atoms with Gasteiger partial charge < -0.3 is 9.73 Å². The van der Waals surface area contributed by atoms with Gasteiger partial charge in [0.15, 0.2) is 0 Å². The van der Waals surface area contributed by atoms with Crippen LogP contribution < -0.4 is 16.2 Å². The highest BCUT2D eigenvalue weighted by molar-refractivity contribution is 6.03. The molecule has 0 bridgehead atoms. The summed E-state index contributed by atoms with van der Waals surface area (Å²) >= 11 is 0. The van der Waals surface area contributed by atoms with Crippen LogP contribution in [-0.4, -0.2) is 35.2 Å². The van der Waals surface area contributed by atoms with E-state index in [-0.39, 0.29) is 24.6 Å². The van der Waals surface area contributed by atoms with E-state index in [1.54, 1.807) is 31.2 Å². The largest absolute Gasteiger partial charge is 0.469 e. The van der Waals surface area contributed by atoms with E-state index in [2.05, 4.69) is 16.2 Å². The molecule has 3 N–H and O–H groups in total. The lowest BCUT2D eigenvalue weighted by Crippen LogP contribution is -2.42. The van der Waals surface area contributed by atoms with Crippen LogP contribution in [0.25, 0.3) is 0 Å². The van der Waals surface area contributed by atoms with E-state index in [9.17, 15) is 19.2 Å². The molecule has 3 rings (SSSR count). The monoisotopic (exact) mass is 356 g/mol. The van der Waals surface area contributed by atoms with Crippen LogP contribution in [0.2, 0.25) is 0 Å². The lowest BCUT2D eigenvalue weighted by molar-refractivity contribution is -0.125. The van der Waals surface area contributed by atoms with E-state index in [1.807, 2.05) is 0 Å². The minimum absolute atomic E-state index is 0.0386. The lowest BCUT2D eigenvalue weighted by Gasteiger charge is -2.15. The van der Waals surface area contributed by atoms with Gasteiger partial charge in [-0.1, -0.05) is 18.2 Å². The Kier molecular flexibility index (Phi) is 4.70. The van der Waals surface area contributed by atoms with Gasteiger partial charge in [0, 0.05) is 5.56 Å². The maximum absolute atomic E-state index is 12.4. The van der Waals surface area contributed by atoms with Crippen LogP contribution in [0.15, 0.2) is 41.0 Å². The highest BCUT2D eigenvalue weighted by Gasteiger charge is 2.29. The Bertz CT molecular complexity index is 873. The van der Waals surface area contributed by atoms with Gasteiger partial charge in [-0.2, -0.15) is 0 Å². The highest BCUT2D eigenvalue weighted by atomic mass is 16.3. The SMILES string of the molecule is Cc1occc1C(=O)NNC(=O)c1ccccc1CN1C(=O)CNC1=O. The smallest absolute Gasteiger partial charge is 0.324 e. The van der Waals surface area contributed by atoms with Crippen molar-refractivity contribution in [3.8, 4) is 0 Å². The van der Waals surface area contributed by atoms with Gasteiger partial charge in [0.2, 0.25) is 5.91 Å². The molecule has 1 saturated heterocycles. The summed E-state index contributed by atoms with van der Waals surface area (Å²) in [6.45, 7) is 1.53. The number of rotatable bonds is 4. The first-order chi connectivity index (χ1) is 12.5.